The van der Waals surface area contributed by atoms with Crippen LogP contribution in [0.15, 0.2) is 0 Å². The van der Waals surface area contributed by atoms with Crippen LogP contribution < -0.4 is 5.32 Å². The summed E-state index contributed by atoms with van der Waals surface area (Å²) >= 11 is 0. The highest BCUT2D eigenvalue weighted by molar-refractivity contribution is 5.68. The van der Waals surface area contributed by atoms with Gasteiger partial charge in [-0.2, -0.15) is 0 Å². The van der Waals surface area contributed by atoms with Gasteiger partial charge >= 0.3 is 6.09 Å². The third-order valence-electron chi connectivity index (χ3n) is 3.05. The highest BCUT2D eigenvalue weighted by Gasteiger charge is 2.20. The van der Waals surface area contributed by atoms with Gasteiger partial charge in [-0.3, -0.25) is 0 Å². The predicted molar refractivity (Wildman–Crippen MR) is 82.1 cm³/mol. The van der Waals surface area contributed by atoms with Gasteiger partial charge in [0.05, 0.1) is 5.60 Å². The van der Waals surface area contributed by atoms with Gasteiger partial charge in [-0.15, -0.1) is 0 Å². The number of carbonyl (C=O) groups is 1. The molecule has 0 rings (SSSR count). The normalized spacial score (nSPS) is 12.3. The number of carbonyl (C=O) groups excluding carboxylic acids is 1. The Kier molecular flexibility index (Phi) is 8.13. The molecule has 0 aromatic rings. The van der Waals surface area contributed by atoms with Crippen molar-refractivity contribution in [2.24, 2.45) is 0 Å². The minimum atomic E-state index is -0.444. The lowest BCUT2D eigenvalue weighted by Crippen LogP contribution is -2.41. The topological polar surface area (TPSA) is 50.8 Å². The summed E-state index contributed by atoms with van der Waals surface area (Å²) in [5, 5.41) is 3.33. The Morgan fingerprint density at radius 3 is 2.20 bits per heavy atom. The molecule has 0 saturated heterocycles. The van der Waals surface area contributed by atoms with E-state index < -0.39 is 5.60 Å². The molecule has 120 valence electrons. The van der Waals surface area contributed by atoms with Crippen LogP contribution in [0.3, 0.4) is 0 Å². The molecule has 5 nitrogen and oxygen atoms in total. The second kappa shape index (κ2) is 8.47. The Morgan fingerprint density at radius 2 is 1.75 bits per heavy atom. The van der Waals surface area contributed by atoms with Crippen molar-refractivity contribution in [2.45, 2.75) is 59.2 Å². The Labute approximate surface area is 124 Å². The van der Waals surface area contributed by atoms with Crippen molar-refractivity contribution >= 4 is 6.09 Å². The quantitative estimate of drug-likeness (QED) is 0.698. The van der Waals surface area contributed by atoms with Gasteiger partial charge in [0.25, 0.3) is 0 Å². The molecule has 0 saturated carbocycles. The summed E-state index contributed by atoms with van der Waals surface area (Å²) < 4.78 is 10.7. The standard InChI is InChI=1S/C15H32N2O3/c1-8-17(13(18)20-14(2,3)4)12-11-16-10-9-15(5,6)19-7/h16H,8-12H2,1-7H3. The molecule has 0 aliphatic rings. The fraction of sp³-hybridized carbons (Fsp3) is 0.933. The number of likely N-dealkylation sites (N-methyl/N-ethyl adjacent to an activating group) is 1. The Morgan fingerprint density at radius 1 is 1.15 bits per heavy atom. The molecule has 0 aromatic carbocycles. The van der Waals surface area contributed by atoms with Crippen molar-refractivity contribution in [3.8, 4) is 0 Å². The Hall–Kier alpha value is -0.810. The van der Waals surface area contributed by atoms with Gasteiger partial charge < -0.3 is 19.7 Å². The van der Waals surface area contributed by atoms with Crippen LogP contribution in [0.2, 0.25) is 0 Å². The van der Waals surface area contributed by atoms with E-state index in [-0.39, 0.29) is 11.7 Å². The molecule has 1 N–H and O–H groups in total. The summed E-state index contributed by atoms with van der Waals surface area (Å²) in [4.78, 5) is 13.6. The average molecular weight is 288 g/mol. The highest BCUT2D eigenvalue weighted by atomic mass is 16.6. The molecule has 5 heteroatoms. The first kappa shape index (κ1) is 19.2. The third kappa shape index (κ3) is 9.15. The first-order valence-corrected chi connectivity index (χ1v) is 7.35. The lowest BCUT2D eigenvalue weighted by atomic mass is 10.1. The molecule has 0 heterocycles. The van der Waals surface area contributed by atoms with Crippen LogP contribution in [0.1, 0.15) is 48.0 Å². The zero-order chi connectivity index (χ0) is 15.8. The van der Waals surface area contributed by atoms with Crippen molar-refractivity contribution in [2.75, 3.05) is 33.3 Å². The molecular formula is C15H32N2O3. The summed E-state index contributed by atoms with van der Waals surface area (Å²) in [5.74, 6) is 0. The summed E-state index contributed by atoms with van der Waals surface area (Å²) in [5.41, 5.74) is -0.553. The maximum absolute atomic E-state index is 11.9. The molecule has 0 radical (unpaired) electrons. The molecule has 0 bridgehead atoms. The first-order chi connectivity index (χ1) is 9.11. The fourth-order valence-corrected chi connectivity index (χ4v) is 1.54. The summed E-state index contributed by atoms with van der Waals surface area (Å²) in [6.07, 6.45) is 0.682. The van der Waals surface area contributed by atoms with E-state index in [2.05, 4.69) is 19.2 Å². The van der Waals surface area contributed by atoms with E-state index in [1.807, 2.05) is 27.7 Å². The van der Waals surface area contributed by atoms with E-state index in [9.17, 15) is 4.79 Å². The average Bonchev–Trinajstić information content (AvgIpc) is 2.31. The monoisotopic (exact) mass is 288 g/mol. The van der Waals surface area contributed by atoms with Gasteiger partial charge in [0, 0.05) is 26.7 Å². The van der Waals surface area contributed by atoms with Crippen LogP contribution in [-0.4, -0.2) is 55.5 Å². The second-order valence-electron chi connectivity index (χ2n) is 6.52. The molecule has 0 fully saturated rings. The Balaban J connectivity index is 3.94. The molecule has 0 aliphatic carbocycles. The van der Waals surface area contributed by atoms with Crippen LogP contribution in [0, 0.1) is 0 Å². The number of nitrogens with one attached hydrogen (secondary N) is 1. The Bertz CT molecular complexity index is 285. The SMILES string of the molecule is CCN(CCNCCC(C)(C)OC)C(=O)OC(C)(C)C. The van der Waals surface area contributed by atoms with E-state index in [1.54, 1.807) is 12.0 Å². The molecule has 0 unspecified atom stereocenters. The number of rotatable bonds is 8. The van der Waals surface area contributed by atoms with Gasteiger partial charge in [-0.1, -0.05) is 0 Å². The smallest absolute Gasteiger partial charge is 0.410 e. The number of hydrogen-bond acceptors (Lipinski definition) is 4. The molecular weight excluding hydrogens is 256 g/mol. The van der Waals surface area contributed by atoms with Crippen molar-refractivity contribution in [1.29, 1.82) is 0 Å². The zero-order valence-electron chi connectivity index (χ0n) is 14.2. The number of amides is 1. The minimum Gasteiger partial charge on any atom is -0.444 e. The van der Waals surface area contributed by atoms with E-state index in [0.717, 1.165) is 19.5 Å². The van der Waals surface area contributed by atoms with Crippen molar-refractivity contribution in [1.82, 2.24) is 10.2 Å². The van der Waals surface area contributed by atoms with E-state index >= 15 is 0 Å². The van der Waals surface area contributed by atoms with Crippen LogP contribution in [0.4, 0.5) is 4.79 Å². The fourth-order valence-electron chi connectivity index (χ4n) is 1.54. The van der Waals surface area contributed by atoms with Crippen LogP contribution in [-0.2, 0) is 9.47 Å². The van der Waals surface area contributed by atoms with Crippen LogP contribution >= 0.6 is 0 Å². The lowest BCUT2D eigenvalue weighted by molar-refractivity contribution is 0.0150. The van der Waals surface area contributed by atoms with E-state index in [0.29, 0.717) is 13.1 Å². The van der Waals surface area contributed by atoms with Gasteiger partial charge in [0.1, 0.15) is 5.60 Å². The summed E-state index contributed by atoms with van der Waals surface area (Å²) in [6.45, 7) is 14.6. The molecule has 20 heavy (non-hydrogen) atoms. The second-order valence-corrected chi connectivity index (χ2v) is 6.52. The zero-order valence-corrected chi connectivity index (χ0v) is 14.2. The number of ether oxygens (including phenoxy) is 2. The van der Waals surface area contributed by atoms with Crippen molar-refractivity contribution in [3.63, 3.8) is 0 Å². The number of hydrogen-bond donors (Lipinski definition) is 1. The van der Waals surface area contributed by atoms with E-state index in [1.165, 1.54) is 0 Å². The first-order valence-electron chi connectivity index (χ1n) is 7.35. The highest BCUT2D eigenvalue weighted by Crippen LogP contribution is 2.11. The maximum Gasteiger partial charge on any atom is 0.410 e. The lowest BCUT2D eigenvalue weighted by Gasteiger charge is -2.27. The van der Waals surface area contributed by atoms with Crippen molar-refractivity contribution < 1.29 is 14.3 Å². The molecule has 0 aromatic heterocycles. The minimum absolute atomic E-state index is 0.109. The summed E-state index contributed by atoms with van der Waals surface area (Å²) in [6, 6.07) is 0. The third-order valence-corrected chi connectivity index (χ3v) is 3.05. The summed E-state index contributed by atoms with van der Waals surface area (Å²) in [7, 11) is 1.72. The molecule has 0 aliphatic heterocycles. The largest absolute Gasteiger partial charge is 0.444 e. The van der Waals surface area contributed by atoms with E-state index in [4.69, 9.17) is 9.47 Å². The number of nitrogens with zero attached hydrogens (tertiary/aromatic N) is 1. The van der Waals surface area contributed by atoms with Gasteiger partial charge in [-0.05, 0) is 54.5 Å². The maximum atomic E-state index is 11.9. The molecule has 0 spiro atoms. The molecule has 1 amide bonds. The van der Waals surface area contributed by atoms with Crippen LogP contribution in [0.25, 0.3) is 0 Å². The predicted octanol–water partition coefficient (Wildman–Crippen LogP) is 2.65. The van der Waals surface area contributed by atoms with Crippen LogP contribution in [0.5, 0.6) is 0 Å². The molecule has 0 atom stereocenters. The van der Waals surface area contributed by atoms with Gasteiger partial charge in [0.15, 0.2) is 0 Å². The van der Waals surface area contributed by atoms with Crippen molar-refractivity contribution in [3.05, 3.63) is 0 Å². The number of methoxy groups -OCH3 is 1. The van der Waals surface area contributed by atoms with Gasteiger partial charge in [0.2, 0.25) is 0 Å². The van der Waals surface area contributed by atoms with Gasteiger partial charge in [-0.25, -0.2) is 4.79 Å².